The Morgan fingerprint density at radius 3 is 2.23 bits per heavy atom. The fourth-order valence-electron chi connectivity index (χ4n) is 2.08. The minimum Gasteiger partial charge on any atom is -0.343 e. The summed E-state index contributed by atoms with van der Waals surface area (Å²) in [6.07, 6.45) is 1.17. The smallest absolute Gasteiger partial charge is 0.232 e. The topological polar surface area (TPSA) is 57.7 Å². The summed E-state index contributed by atoms with van der Waals surface area (Å²) < 4.78 is 25.1. The molecule has 124 valence electrons. The molecule has 0 bridgehead atoms. The molecule has 0 aromatic heterocycles. The average Bonchev–Trinajstić information content (AvgIpc) is 2.41. The Morgan fingerprint density at radius 1 is 1.18 bits per heavy atom. The van der Waals surface area contributed by atoms with Crippen molar-refractivity contribution in [2.24, 2.45) is 0 Å². The largest absolute Gasteiger partial charge is 0.343 e. The second kappa shape index (κ2) is 8.04. The molecule has 0 aliphatic carbocycles. The molecule has 0 unspecified atom stereocenters. The summed E-state index contributed by atoms with van der Waals surface area (Å²) in [5.41, 5.74) is 0.320. The van der Waals surface area contributed by atoms with Gasteiger partial charge in [0.2, 0.25) is 15.9 Å². The first-order chi connectivity index (χ1) is 10.2. The Bertz CT molecular complexity index is 631. The van der Waals surface area contributed by atoms with E-state index in [4.69, 9.17) is 23.2 Å². The van der Waals surface area contributed by atoms with Gasteiger partial charge in [-0.1, -0.05) is 23.2 Å². The van der Waals surface area contributed by atoms with E-state index in [2.05, 4.69) is 0 Å². The minimum atomic E-state index is -3.55. The molecule has 0 spiro atoms. The van der Waals surface area contributed by atoms with Crippen LogP contribution in [0.2, 0.25) is 10.0 Å². The summed E-state index contributed by atoms with van der Waals surface area (Å²) in [6, 6.07) is 4.57. The maximum Gasteiger partial charge on any atom is 0.232 e. The quantitative estimate of drug-likeness (QED) is 0.744. The highest BCUT2D eigenvalue weighted by atomic mass is 35.5. The van der Waals surface area contributed by atoms with Crippen LogP contribution in [-0.4, -0.2) is 45.1 Å². The lowest BCUT2D eigenvalue weighted by Gasteiger charge is -2.25. The van der Waals surface area contributed by atoms with Gasteiger partial charge in [0.05, 0.1) is 17.0 Å². The summed E-state index contributed by atoms with van der Waals surface area (Å²) >= 11 is 11.9. The summed E-state index contributed by atoms with van der Waals surface area (Å²) in [5.74, 6) is -0.0938. The fourth-order valence-corrected chi connectivity index (χ4v) is 3.58. The van der Waals surface area contributed by atoms with Gasteiger partial charge in [-0.05, 0) is 32.0 Å². The van der Waals surface area contributed by atoms with E-state index in [1.54, 1.807) is 11.0 Å². The molecular formula is C14H20Cl2N2O3S. The highest BCUT2D eigenvalue weighted by Crippen LogP contribution is 2.30. The Morgan fingerprint density at radius 2 is 1.77 bits per heavy atom. The number of hydrogen-bond acceptors (Lipinski definition) is 3. The average molecular weight is 367 g/mol. The molecule has 0 aliphatic rings. The number of amides is 1. The molecule has 8 heteroatoms. The van der Waals surface area contributed by atoms with E-state index < -0.39 is 10.0 Å². The van der Waals surface area contributed by atoms with Gasteiger partial charge in [0.25, 0.3) is 0 Å². The Kier molecular flexibility index (Phi) is 6.97. The van der Waals surface area contributed by atoms with Crippen LogP contribution in [0, 0.1) is 0 Å². The number of halogens is 2. The first-order valence-electron chi connectivity index (χ1n) is 6.91. The van der Waals surface area contributed by atoms with Gasteiger partial charge < -0.3 is 4.90 Å². The van der Waals surface area contributed by atoms with Crippen molar-refractivity contribution >= 4 is 44.8 Å². The second-order valence-corrected chi connectivity index (χ2v) is 7.50. The molecule has 22 heavy (non-hydrogen) atoms. The van der Waals surface area contributed by atoms with Crippen LogP contribution in [0.15, 0.2) is 18.2 Å². The molecule has 1 rings (SSSR count). The number of nitrogens with zero attached hydrogens (tertiary/aromatic N) is 2. The number of sulfonamides is 1. The van der Waals surface area contributed by atoms with Crippen molar-refractivity contribution in [2.45, 2.75) is 20.3 Å². The third-order valence-electron chi connectivity index (χ3n) is 3.22. The number of carbonyl (C=O) groups is 1. The van der Waals surface area contributed by atoms with Gasteiger partial charge >= 0.3 is 0 Å². The van der Waals surface area contributed by atoms with Crippen molar-refractivity contribution in [3.63, 3.8) is 0 Å². The molecule has 0 aliphatic heterocycles. The normalized spacial score (nSPS) is 11.3. The van der Waals surface area contributed by atoms with Crippen molar-refractivity contribution in [1.29, 1.82) is 0 Å². The van der Waals surface area contributed by atoms with Crippen molar-refractivity contribution < 1.29 is 13.2 Å². The molecule has 5 nitrogen and oxygen atoms in total. The fraction of sp³-hybridized carbons (Fsp3) is 0.500. The maximum atomic E-state index is 12.1. The zero-order valence-electron chi connectivity index (χ0n) is 12.8. The molecule has 1 aromatic carbocycles. The first kappa shape index (κ1) is 19.1. The SMILES string of the molecule is CCN(CC)C(=O)CCN(c1ccc(Cl)cc1Cl)S(C)(=O)=O. The molecule has 1 aromatic rings. The number of benzene rings is 1. The van der Waals surface area contributed by atoms with Gasteiger partial charge in [-0.2, -0.15) is 0 Å². The van der Waals surface area contributed by atoms with Crippen LogP contribution in [0.1, 0.15) is 20.3 Å². The lowest BCUT2D eigenvalue weighted by atomic mass is 10.3. The molecule has 0 N–H and O–H groups in total. The van der Waals surface area contributed by atoms with Crippen molar-refractivity contribution in [1.82, 2.24) is 4.90 Å². The van der Waals surface area contributed by atoms with Crippen LogP contribution in [0.25, 0.3) is 0 Å². The summed E-state index contributed by atoms with van der Waals surface area (Å²) in [7, 11) is -3.55. The van der Waals surface area contributed by atoms with E-state index in [0.29, 0.717) is 23.8 Å². The summed E-state index contributed by atoms with van der Waals surface area (Å²) in [6.45, 7) is 4.99. The summed E-state index contributed by atoms with van der Waals surface area (Å²) in [5, 5.41) is 0.648. The highest BCUT2D eigenvalue weighted by Gasteiger charge is 2.22. The molecule has 0 atom stereocenters. The second-order valence-electron chi connectivity index (χ2n) is 4.75. The Hall–Kier alpha value is -0.980. The van der Waals surface area contributed by atoms with Gasteiger partial charge in [0.1, 0.15) is 0 Å². The molecule has 0 heterocycles. The number of rotatable bonds is 7. The first-order valence-corrected chi connectivity index (χ1v) is 9.51. The van der Waals surface area contributed by atoms with Crippen LogP contribution in [0.3, 0.4) is 0 Å². The van der Waals surface area contributed by atoms with Gasteiger partial charge in [0, 0.05) is 31.1 Å². The van der Waals surface area contributed by atoms with E-state index in [9.17, 15) is 13.2 Å². The molecule has 0 saturated carbocycles. The van der Waals surface area contributed by atoms with Gasteiger partial charge in [-0.25, -0.2) is 8.42 Å². The Balaban J connectivity index is 2.99. The third kappa shape index (κ3) is 5.04. The third-order valence-corrected chi connectivity index (χ3v) is 4.94. The predicted molar refractivity (Wildman–Crippen MR) is 91.2 cm³/mol. The van der Waals surface area contributed by atoms with Crippen LogP contribution in [0.4, 0.5) is 5.69 Å². The van der Waals surface area contributed by atoms with Gasteiger partial charge in [-0.3, -0.25) is 9.10 Å². The maximum absolute atomic E-state index is 12.1. The number of anilines is 1. The lowest BCUT2D eigenvalue weighted by Crippen LogP contribution is -2.36. The van der Waals surface area contributed by atoms with E-state index >= 15 is 0 Å². The zero-order chi connectivity index (χ0) is 16.9. The monoisotopic (exact) mass is 366 g/mol. The molecule has 0 saturated heterocycles. The van der Waals surface area contributed by atoms with Crippen LogP contribution in [0.5, 0.6) is 0 Å². The van der Waals surface area contributed by atoms with E-state index in [1.165, 1.54) is 12.1 Å². The van der Waals surface area contributed by atoms with Crippen LogP contribution < -0.4 is 4.31 Å². The van der Waals surface area contributed by atoms with Crippen molar-refractivity contribution in [3.8, 4) is 0 Å². The molecule has 1 amide bonds. The number of hydrogen-bond donors (Lipinski definition) is 0. The number of carbonyl (C=O) groups excluding carboxylic acids is 1. The zero-order valence-corrected chi connectivity index (χ0v) is 15.2. The van der Waals surface area contributed by atoms with Crippen molar-refractivity contribution in [2.75, 3.05) is 30.2 Å². The molecule has 0 radical (unpaired) electrons. The van der Waals surface area contributed by atoms with Gasteiger partial charge in [-0.15, -0.1) is 0 Å². The van der Waals surface area contributed by atoms with Crippen LogP contribution >= 0.6 is 23.2 Å². The highest BCUT2D eigenvalue weighted by molar-refractivity contribution is 7.92. The standard InChI is InChI=1S/C14H20Cl2N2O3S/c1-4-17(5-2)14(19)8-9-18(22(3,20)21)13-7-6-11(15)10-12(13)16/h6-7,10H,4-5,8-9H2,1-3H3. The lowest BCUT2D eigenvalue weighted by molar-refractivity contribution is -0.130. The van der Waals surface area contributed by atoms with E-state index in [1.807, 2.05) is 13.8 Å². The van der Waals surface area contributed by atoms with Gasteiger partial charge in [0.15, 0.2) is 0 Å². The molecular weight excluding hydrogens is 347 g/mol. The van der Waals surface area contributed by atoms with E-state index in [0.717, 1.165) is 10.6 Å². The summed E-state index contributed by atoms with van der Waals surface area (Å²) in [4.78, 5) is 13.7. The van der Waals surface area contributed by atoms with Crippen LogP contribution in [-0.2, 0) is 14.8 Å². The van der Waals surface area contributed by atoms with E-state index in [-0.39, 0.29) is 23.9 Å². The van der Waals surface area contributed by atoms with Crippen molar-refractivity contribution in [3.05, 3.63) is 28.2 Å². The Labute approximate surface area is 141 Å². The molecule has 0 fully saturated rings. The predicted octanol–water partition coefficient (Wildman–Crippen LogP) is 3.02. The minimum absolute atomic E-state index is 0.0372.